The Morgan fingerprint density at radius 2 is 2.20 bits per heavy atom. The quantitative estimate of drug-likeness (QED) is 0.820. The number of benzene rings is 1. The van der Waals surface area contributed by atoms with Crippen LogP contribution in [0, 0.1) is 0 Å². The molecule has 15 heavy (non-hydrogen) atoms. The van der Waals surface area contributed by atoms with Gasteiger partial charge in [-0.05, 0) is 17.7 Å². The molecule has 0 aliphatic carbocycles. The summed E-state index contributed by atoms with van der Waals surface area (Å²) >= 11 is 5.75. The zero-order valence-corrected chi connectivity index (χ0v) is 8.32. The highest BCUT2D eigenvalue weighted by Gasteiger charge is 2.10. The molecule has 0 atom stereocenters. The molecule has 2 aromatic rings. The van der Waals surface area contributed by atoms with Gasteiger partial charge in [-0.2, -0.15) is 5.10 Å². The van der Waals surface area contributed by atoms with Crippen molar-refractivity contribution in [1.82, 2.24) is 10.2 Å². The van der Waals surface area contributed by atoms with Crippen LogP contribution in [0.2, 0.25) is 5.02 Å². The molecule has 1 aromatic heterocycles. The molecule has 0 radical (unpaired) electrons. The highest BCUT2D eigenvalue weighted by Crippen LogP contribution is 2.24. The minimum absolute atomic E-state index is 0.0929. The lowest BCUT2D eigenvalue weighted by Crippen LogP contribution is -1.97. The fourth-order valence-corrected chi connectivity index (χ4v) is 1.48. The Morgan fingerprint density at radius 3 is 2.80 bits per heavy atom. The Hall–Kier alpha value is -1.81. The van der Waals surface area contributed by atoms with E-state index in [1.807, 2.05) is 0 Å². The summed E-state index contributed by atoms with van der Waals surface area (Å²) in [6.45, 7) is 0. The minimum Gasteiger partial charge on any atom is -0.478 e. The summed E-state index contributed by atoms with van der Waals surface area (Å²) in [7, 11) is 0. The summed E-state index contributed by atoms with van der Waals surface area (Å²) in [6.07, 6.45) is 3.31. The third-order valence-electron chi connectivity index (χ3n) is 2.03. The molecule has 0 fully saturated rings. The van der Waals surface area contributed by atoms with Crippen molar-refractivity contribution in [2.75, 3.05) is 0 Å². The predicted octanol–water partition coefficient (Wildman–Crippen LogP) is 2.43. The first kappa shape index (κ1) is 9.73. The molecule has 0 spiro atoms. The van der Waals surface area contributed by atoms with Crippen molar-refractivity contribution in [1.29, 1.82) is 0 Å². The van der Waals surface area contributed by atoms with Gasteiger partial charge < -0.3 is 5.11 Å². The Balaban J connectivity index is 2.52. The lowest BCUT2D eigenvalue weighted by atomic mass is 10.1. The Bertz CT molecular complexity index is 494. The minimum atomic E-state index is -1.04. The maximum atomic E-state index is 10.8. The van der Waals surface area contributed by atoms with Crippen LogP contribution < -0.4 is 0 Å². The molecule has 1 heterocycles. The van der Waals surface area contributed by atoms with Crippen molar-refractivity contribution in [2.45, 2.75) is 0 Å². The fraction of sp³-hybridized carbons (Fsp3) is 0. The van der Waals surface area contributed by atoms with Crippen LogP contribution >= 0.6 is 11.6 Å². The van der Waals surface area contributed by atoms with Gasteiger partial charge in [0.1, 0.15) is 0 Å². The van der Waals surface area contributed by atoms with Gasteiger partial charge in [0.2, 0.25) is 0 Å². The number of carbonyl (C=O) groups is 1. The summed E-state index contributed by atoms with van der Waals surface area (Å²) in [5.41, 5.74) is 1.69. The van der Waals surface area contributed by atoms with Gasteiger partial charge in [-0.15, -0.1) is 0 Å². The summed E-state index contributed by atoms with van der Waals surface area (Å²) in [6, 6.07) is 4.84. The van der Waals surface area contributed by atoms with E-state index in [0.29, 0.717) is 0 Å². The molecule has 0 aliphatic heterocycles. The average molecular weight is 223 g/mol. The van der Waals surface area contributed by atoms with Crippen LogP contribution in [0.25, 0.3) is 11.1 Å². The second-order valence-corrected chi connectivity index (χ2v) is 3.39. The van der Waals surface area contributed by atoms with Crippen LogP contribution in [0.4, 0.5) is 0 Å². The molecule has 2 rings (SSSR count). The summed E-state index contributed by atoms with van der Waals surface area (Å²) in [5.74, 6) is -1.04. The predicted molar refractivity (Wildman–Crippen MR) is 56.0 cm³/mol. The van der Waals surface area contributed by atoms with Crippen LogP contribution in [0.1, 0.15) is 10.4 Å². The van der Waals surface area contributed by atoms with Gasteiger partial charge in [0.25, 0.3) is 0 Å². The maximum absolute atomic E-state index is 10.8. The molecule has 0 aliphatic rings. The monoisotopic (exact) mass is 222 g/mol. The normalized spacial score (nSPS) is 10.2. The lowest BCUT2D eigenvalue weighted by molar-refractivity contribution is 0.0697. The van der Waals surface area contributed by atoms with E-state index in [-0.39, 0.29) is 10.6 Å². The first-order chi connectivity index (χ1) is 7.18. The summed E-state index contributed by atoms with van der Waals surface area (Å²) < 4.78 is 0. The number of rotatable bonds is 2. The van der Waals surface area contributed by atoms with Crippen LogP contribution in [0.3, 0.4) is 0 Å². The Kier molecular flexibility index (Phi) is 2.43. The van der Waals surface area contributed by atoms with Crippen LogP contribution in [0.5, 0.6) is 0 Å². The molecule has 2 N–H and O–H groups in total. The van der Waals surface area contributed by atoms with Gasteiger partial charge >= 0.3 is 5.97 Å². The summed E-state index contributed by atoms with van der Waals surface area (Å²) in [5, 5.41) is 15.6. The first-order valence-corrected chi connectivity index (χ1v) is 4.58. The maximum Gasteiger partial charge on any atom is 0.337 e. The third kappa shape index (κ3) is 1.85. The highest BCUT2D eigenvalue weighted by atomic mass is 35.5. The standard InChI is InChI=1S/C10H7ClN2O2/c11-9-2-1-6(3-8(9)10(14)15)7-4-12-13-5-7/h1-5H,(H,12,13)(H,14,15). The zero-order chi connectivity index (χ0) is 10.8. The second kappa shape index (κ2) is 3.74. The first-order valence-electron chi connectivity index (χ1n) is 4.20. The number of H-pyrrole nitrogens is 1. The number of aromatic nitrogens is 2. The SMILES string of the molecule is O=C(O)c1cc(-c2cn[nH]c2)ccc1Cl. The van der Waals surface area contributed by atoms with Crippen molar-refractivity contribution in [3.63, 3.8) is 0 Å². The van der Waals surface area contributed by atoms with Crippen molar-refractivity contribution in [3.8, 4) is 11.1 Å². The van der Waals surface area contributed by atoms with Gasteiger partial charge in [0, 0.05) is 11.8 Å². The van der Waals surface area contributed by atoms with E-state index < -0.39 is 5.97 Å². The Labute approximate surface area is 90.5 Å². The van der Waals surface area contributed by atoms with Crippen molar-refractivity contribution in [3.05, 3.63) is 41.2 Å². The molecule has 0 saturated heterocycles. The van der Waals surface area contributed by atoms with Gasteiger partial charge in [-0.1, -0.05) is 17.7 Å². The number of nitrogens with one attached hydrogen (secondary N) is 1. The molecular formula is C10H7ClN2O2. The number of nitrogens with zero attached hydrogens (tertiary/aromatic N) is 1. The van der Waals surface area contributed by atoms with E-state index in [1.54, 1.807) is 24.5 Å². The molecular weight excluding hydrogens is 216 g/mol. The lowest BCUT2D eigenvalue weighted by Gasteiger charge is -2.01. The van der Waals surface area contributed by atoms with Crippen LogP contribution in [-0.4, -0.2) is 21.3 Å². The number of hydrogen-bond acceptors (Lipinski definition) is 2. The van der Waals surface area contributed by atoms with Crippen molar-refractivity contribution < 1.29 is 9.90 Å². The number of aromatic carboxylic acids is 1. The average Bonchev–Trinajstić information content (AvgIpc) is 2.71. The summed E-state index contributed by atoms with van der Waals surface area (Å²) in [4.78, 5) is 10.8. The van der Waals surface area contributed by atoms with E-state index in [4.69, 9.17) is 16.7 Å². The molecule has 76 valence electrons. The third-order valence-corrected chi connectivity index (χ3v) is 2.36. The molecule has 0 amide bonds. The van der Waals surface area contributed by atoms with E-state index in [1.165, 1.54) is 6.07 Å². The molecule has 0 saturated carbocycles. The zero-order valence-electron chi connectivity index (χ0n) is 7.57. The molecule has 4 nitrogen and oxygen atoms in total. The van der Waals surface area contributed by atoms with Crippen molar-refractivity contribution in [2.24, 2.45) is 0 Å². The molecule has 5 heteroatoms. The highest BCUT2D eigenvalue weighted by molar-refractivity contribution is 6.33. The van der Waals surface area contributed by atoms with E-state index in [9.17, 15) is 4.79 Å². The fourth-order valence-electron chi connectivity index (χ4n) is 1.28. The second-order valence-electron chi connectivity index (χ2n) is 2.99. The largest absolute Gasteiger partial charge is 0.478 e. The number of hydrogen-bond donors (Lipinski definition) is 2. The van der Waals surface area contributed by atoms with Gasteiger partial charge in [-0.25, -0.2) is 4.79 Å². The molecule has 1 aromatic carbocycles. The van der Waals surface area contributed by atoms with Crippen LogP contribution in [-0.2, 0) is 0 Å². The van der Waals surface area contributed by atoms with Gasteiger partial charge in [0.05, 0.1) is 16.8 Å². The number of carboxylic acids is 1. The molecule has 0 bridgehead atoms. The van der Waals surface area contributed by atoms with Gasteiger partial charge in [-0.3, -0.25) is 5.10 Å². The molecule has 0 unspecified atom stereocenters. The van der Waals surface area contributed by atoms with Gasteiger partial charge in [0.15, 0.2) is 0 Å². The van der Waals surface area contributed by atoms with E-state index in [0.717, 1.165) is 11.1 Å². The van der Waals surface area contributed by atoms with E-state index >= 15 is 0 Å². The van der Waals surface area contributed by atoms with Crippen LogP contribution in [0.15, 0.2) is 30.6 Å². The smallest absolute Gasteiger partial charge is 0.337 e. The number of halogens is 1. The van der Waals surface area contributed by atoms with E-state index in [2.05, 4.69) is 10.2 Å². The van der Waals surface area contributed by atoms with Crippen molar-refractivity contribution >= 4 is 17.6 Å². The Morgan fingerprint density at radius 1 is 1.40 bits per heavy atom. The number of carboxylic acid groups (broad SMARTS) is 1. The topological polar surface area (TPSA) is 66.0 Å². The number of aromatic amines is 1.